The molecule has 6 heteroatoms. The molecule has 0 aromatic carbocycles. The van der Waals surface area contributed by atoms with E-state index in [2.05, 4.69) is 14.8 Å². The highest BCUT2D eigenvalue weighted by Crippen LogP contribution is 1.97. The van der Waals surface area contributed by atoms with Crippen LogP contribution in [0, 0.1) is 0 Å². The lowest BCUT2D eigenvalue weighted by molar-refractivity contribution is 0.0828. The average molecular weight is 161 g/mol. The minimum atomic E-state index is -1.36. The predicted octanol–water partition coefficient (Wildman–Crippen LogP) is -0.211. The van der Waals surface area contributed by atoms with Crippen LogP contribution in [0.1, 0.15) is 0 Å². The van der Waals surface area contributed by atoms with Gasteiger partial charge < -0.3 is 19.9 Å². The Morgan fingerprint density at radius 3 is 3.09 bits per heavy atom. The van der Waals surface area contributed by atoms with E-state index >= 15 is 0 Å². The molecule has 0 aromatic heterocycles. The van der Waals surface area contributed by atoms with Crippen molar-refractivity contribution in [2.75, 3.05) is 13.2 Å². The molecule has 0 aliphatic carbocycles. The van der Waals surface area contributed by atoms with Gasteiger partial charge in [0.05, 0.1) is 0 Å². The first-order valence-corrected chi connectivity index (χ1v) is 2.97. The van der Waals surface area contributed by atoms with Gasteiger partial charge in [0.1, 0.15) is 19.3 Å². The number of carbonyl (C=O) groups is 2. The summed E-state index contributed by atoms with van der Waals surface area (Å²) in [5, 5.41) is 10.4. The Hall–Kier alpha value is -1.46. The Morgan fingerprint density at radius 1 is 1.91 bits per heavy atom. The molecule has 6 nitrogen and oxygen atoms in total. The van der Waals surface area contributed by atoms with Crippen molar-refractivity contribution in [1.29, 1.82) is 0 Å². The van der Waals surface area contributed by atoms with Crippen LogP contribution in [0.15, 0.2) is 0 Å². The second-order valence-corrected chi connectivity index (χ2v) is 2.02. The van der Waals surface area contributed by atoms with Gasteiger partial charge in [0.2, 0.25) is 0 Å². The van der Waals surface area contributed by atoms with Crippen molar-refractivity contribution < 1.29 is 24.2 Å². The van der Waals surface area contributed by atoms with E-state index in [1.807, 2.05) is 0 Å². The quantitative estimate of drug-likeness (QED) is 0.547. The van der Waals surface area contributed by atoms with E-state index in [0.717, 1.165) is 0 Å². The Balaban J connectivity index is 2.18. The third kappa shape index (κ3) is 2.32. The number of hydrogen-bond acceptors (Lipinski definition) is 4. The second kappa shape index (κ2) is 3.09. The number of cyclic esters (lactones) is 1. The molecule has 1 amide bonds. The van der Waals surface area contributed by atoms with Gasteiger partial charge in [0.25, 0.3) is 0 Å². The molecule has 1 aliphatic rings. The van der Waals surface area contributed by atoms with E-state index in [4.69, 9.17) is 5.11 Å². The van der Waals surface area contributed by atoms with Crippen molar-refractivity contribution in [3.05, 3.63) is 0 Å². The number of rotatable bonds is 2. The molecule has 11 heavy (non-hydrogen) atoms. The van der Waals surface area contributed by atoms with Gasteiger partial charge in [-0.2, -0.15) is 0 Å². The number of ether oxygens (including phenoxy) is 2. The maximum absolute atomic E-state index is 10.4. The molecule has 0 spiro atoms. The minimum absolute atomic E-state index is 0.0684. The number of hydrogen-bond donors (Lipinski definition) is 2. The minimum Gasteiger partial charge on any atom is -0.450 e. The summed E-state index contributed by atoms with van der Waals surface area (Å²) in [7, 11) is 0. The molecule has 1 aliphatic heterocycles. The van der Waals surface area contributed by atoms with Crippen molar-refractivity contribution >= 4 is 12.2 Å². The van der Waals surface area contributed by atoms with Crippen LogP contribution in [0.3, 0.4) is 0 Å². The van der Waals surface area contributed by atoms with Crippen molar-refractivity contribution in [2.45, 2.75) is 6.04 Å². The zero-order valence-electron chi connectivity index (χ0n) is 5.57. The molecule has 0 aromatic rings. The van der Waals surface area contributed by atoms with Gasteiger partial charge >= 0.3 is 12.2 Å². The lowest BCUT2D eigenvalue weighted by Crippen LogP contribution is -2.31. The molecule has 1 saturated heterocycles. The van der Waals surface area contributed by atoms with Crippen LogP contribution >= 0.6 is 0 Å². The van der Waals surface area contributed by atoms with Crippen LogP contribution in [0.2, 0.25) is 0 Å². The number of nitrogens with one attached hydrogen (secondary N) is 1. The molecule has 0 bridgehead atoms. The van der Waals surface area contributed by atoms with Gasteiger partial charge in [-0.25, -0.2) is 9.59 Å². The monoisotopic (exact) mass is 161 g/mol. The molecule has 62 valence electrons. The highest BCUT2D eigenvalue weighted by atomic mass is 16.7. The third-order valence-corrected chi connectivity index (χ3v) is 1.15. The summed E-state index contributed by atoms with van der Waals surface area (Å²) in [4.78, 5) is 20.2. The predicted molar refractivity (Wildman–Crippen MR) is 32.2 cm³/mol. The number of carboxylic acid groups (broad SMARTS) is 1. The Morgan fingerprint density at radius 2 is 2.64 bits per heavy atom. The van der Waals surface area contributed by atoms with Gasteiger partial charge in [0, 0.05) is 0 Å². The second-order valence-electron chi connectivity index (χ2n) is 2.02. The first-order chi connectivity index (χ1) is 5.18. The number of alkyl carbamates (subject to hydrolysis) is 1. The fourth-order valence-corrected chi connectivity index (χ4v) is 0.688. The van der Waals surface area contributed by atoms with E-state index in [0.29, 0.717) is 0 Å². The number of carbonyl (C=O) groups excluding carboxylic acids is 1. The number of amides is 1. The molecule has 1 rings (SSSR count). The van der Waals surface area contributed by atoms with Crippen LogP contribution in [-0.4, -0.2) is 36.6 Å². The van der Waals surface area contributed by atoms with E-state index in [-0.39, 0.29) is 19.3 Å². The molecule has 0 radical (unpaired) electrons. The molecular formula is C5H7NO5. The Kier molecular flexibility index (Phi) is 2.15. The molecule has 1 unspecified atom stereocenters. The topological polar surface area (TPSA) is 84.9 Å². The van der Waals surface area contributed by atoms with Crippen molar-refractivity contribution in [3.63, 3.8) is 0 Å². The van der Waals surface area contributed by atoms with Crippen LogP contribution in [0.4, 0.5) is 9.59 Å². The fraction of sp³-hybridized carbons (Fsp3) is 0.600. The molecule has 0 saturated carbocycles. The van der Waals surface area contributed by atoms with Crippen molar-refractivity contribution in [3.8, 4) is 0 Å². The van der Waals surface area contributed by atoms with Crippen LogP contribution in [0.5, 0.6) is 0 Å². The van der Waals surface area contributed by atoms with Gasteiger partial charge in [-0.3, -0.25) is 0 Å². The zero-order valence-corrected chi connectivity index (χ0v) is 5.57. The standard InChI is InChI=1S/C5H7NO5/c7-4-6-3(1-10-4)2-11-5(8)9/h3H,1-2H2,(H,6,7)(H,8,9). The summed E-state index contributed by atoms with van der Waals surface area (Å²) in [5.74, 6) is 0. The summed E-state index contributed by atoms with van der Waals surface area (Å²) in [5.41, 5.74) is 0. The first-order valence-electron chi connectivity index (χ1n) is 2.97. The van der Waals surface area contributed by atoms with Gasteiger partial charge in [0.15, 0.2) is 0 Å². The van der Waals surface area contributed by atoms with Crippen molar-refractivity contribution in [1.82, 2.24) is 5.32 Å². The molecular weight excluding hydrogens is 154 g/mol. The van der Waals surface area contributed by atoms with Crippen LogP contribution in [-0.2, 0) is 9.47 Å². The summed E-state index contributed by atoms with van der Waals surface area (Å²) in [6.07, 6.45) is -1.89. The smallest absolute Gasteiger partial charge is 0.450 e. The Labute approximate surface area is 62.1 Å². The van der Waals surface area contributed by atoms with E-state index in [9.17, 15) is 9.59 Å². The van der Waals surface area contributed by atoms with Gasteiger partial charge in [-0.1, -0.05) is 0 Å². The summed E-state index contributed by atoms with van der Waals surface area (Å²) >= 11 is 0. The summed E-state index contributed by atoms with van der Waals surface area (Å²) in [6.45, 7) is 0.0905. The van der Waals surface area contributed by atoms with Crippen LogP contribution in [0.25, 0.3) is 0 Å². The van der Waals surface area contributed by atoms with E-state index in [1.165, 1.54) is 0 Å². The summed E-state index contributed by atoms with van der Waals surface area (Å²) in [6, 6.07) is -0.349. The lowest BCUT2D eigenvalue weighted by atomic mass is 10.4. The summed E-state index contributed by atoms with van der Waals surface area (Å²) < 4.78 is 8.67. The normalized spacial score (nSPS) is 22.2. The first kappa shape index (κ1) is 7.64. The fourth-order valence-electron chi connectivity index (χ4n) is 0.688. The van der Waals surface area contributed by atoms with E-state index in [1.54, 1.807) is 0 Å². The Bertz CT molecular complexity index is 180. The maximum Gasteiger partial charge on any atom is 0.505 e. The lowest BCUT2D eigenvalue weighted by Gasteiger charge is -2.04. The molecule has 1 fully saturated rings. The zero-order chi connectivity index (χ0) is 8.27. The molecule has 1 atom stereocenters. The van der Waals surface area contributed by atoms with Crippen molar-refractivity contribution in [2.24, 2.45) is 0 Å². The third-order valence-electron chi connectivity index (χ3n) is 1.15. The van der Waals surface area contributed by atoms with Gasteiger partial charge in [-0.15, -0.1) is 0 Å². The molecule has 1 heterocycles. The van der Waals surface area contributed by atoms with Crippen LogP contribution < -0.4 is 5.32 Å². The van der Waals surface area contributed by atoms with E-state index < -0.39 is 12.2 Å². The van der Waals surface area contributed by atoms with Gasteiger partial charge in [-0.05, 0) is 0 Å². The molecule has 2 N–H and O–H groups in total. The maximum atomic E-state index is 10.4. The largest absolute Gasteiger partial charge is 0.505 e. The highest BCUT2D eigenvalue weighted by molar-refractivity contribution is 5.69. The SMILES string of the molecule is O=C(O)OCC1COC(=O)N1. The highest BCUT2D eigenvalue weighted by Gasteiger charge is 2.23. The average Bonchev–Trinajstić information content (AvgIpc) is 2.31.